The number of hydrogen-bond donors (Lipinski definition) is 1. The molecule has 0 spiro atoms. The number of rotatable bonds is 5. The first-order valence-corrected chi connectivity index (χ1v) is 7.49. The van der Waals surface area contributed by atoms with Crippen molar-refractivity contribution < 1.29 is 32.2 Å². The number of esters is 1. The molecule has 0 heterocycles. The van der Waals surface area contributed by atoms with Crippen molar-refractivity contribution in [3.8, 4) is 5.75 Å². The zero-order valence-electron chi connectivity index (χ0n) is 14.0. The molecule has 0 radical (unpaired) electrons. The summed E-state index contributed by atoms with van der Waals surface area (Å²) in [5.41, 5.74) is 0.350. The summed E-state index contributed by atoms with van der Waals surface area (Å²) < 4.78 is 47.4. The van der Waals surface area contributed by atoms with Gasteiger partial charge >= 0.3 is 12.1 Å². The van der Waals surface area contributed by atoms with Gasteiger partial charge in [-0.1, -0.05) is 6.07 Å². The Morgan fingerprint density at radius 2 is 1.73 bits per heavy atom. The minimum absolute atomic E-state index is 0.0843. The average Bonchev–Trinajstić information content (AvgIpc) is 2.59. The van der Waals surface area contributed by atoms with E-state index in [1.807, 2.05) is 6.92 Å². The minimum atomic E-state index is -4.49. The fourth-order valence-electron chi connectivity index (χ4n) is 2.12. The van der Waals surface area contributed by atoms with Crippen molar-refractivity contribution >= 4 is 17.6 Å². The van der Waals surface area contributed by atoms with Crippen LogP contribution >= 0.6 is 0 Å². The van der Waals surface area contributed by atoms with E-state index in [4.69, 9.17) is 9.47 Å². The fraction of sp³-hybridized carbons (Fsp3) is 0.222. The summed E-state index contributed by atoms with van der Waals surface area (Å²) in [5, 5.41) is 2.55. The third-order valence-electron chi connectivity index (χ3n) is 3.41. The molecule has 138 valence electrons. The molecule has 2 rings (SSSR count). The summed E-state index contributed by atoms with van der Waals surface area (Å²) in [6.45, 7) is 1.25. The lowest BCUT2D eigenvalue weighted by Gasteiger charge is -2.11. The number of halogens is 3. The maximum Gasteiger partial charge on any atom is 0.416 e. The van der Waals surface area contributed by atoms with Crippen LogP contribution in [0.25, 0.3) is 0 Å². The maximum atomic E-state index is 12.5. The summed E-state index contributed by atoms with van der Waals surface area (Å²) in [6.07, 6.45) is -4.49. The van der Waals surface area contributed by atoms with Gasteiger partial charge in [-0.3, -0.25) is 4.79 Å². The predicted octanol–water partition coefficient (Wildman–Crippen LogP) is 3.82. The van der Waals surface area contributed by atoms with Crippen LogP contribution in [-0.4, -0.2) is 25.6 Å². The van der Waals surface area contributed by atoms with E-state index in [-0.39, 0.29) is 5.56 Å². The van der Waals surface area contributed by atoms with Gasteiger partial charge in [-0.05, 0) is 48.9 Å². The Bertz CT molecular complexity index is 801. The largest absolute Gasteiger partial charge is 0.495 e. The number of alkyl halides is 3. The monoisotopic (exact) mass is 367 g/mol. The second-order valence-electron chi connectivity index (χ2n) is 5.40. The molecule has 1 N–H and O–H groups in total. The molecule has 2 aromatic rings. The lowest BCUT2D eigenvalue weighted by atomic mass is 10.1. The molecule has 0 saturated carbocycles. The molecule has 0 unspecified atom stereocenters. The Labute approximate surface area is 147 Å². The van der Waals surface area contributed by atoms with Crippen LogP contribution in [-0.2, 0) is 15.7 Å². The number of carbonyl (C=O) groups is 2. The van der Waals surface area contributed by atoms with Crippen molar-refractivity contribution in [1.29, 1.82) is 0 Å². The number of ether oxygens (including phenoxy) is 2. The second-order valence-corrected chi connectivity index (χ2v) is 5.40. The number of benzene rings is 2. The lowest BCUT2D eigenvalue weighted by Crippen LogP contribution is -2.21. The third-order valence-corrected chi connectivity index (χ3v) is 3.41. The van der Waals surface area contributed by atoms with Crippen molar-refractivity contribution in [2.24, 2.45) is 0 Å². The molecule has 0 atom stereocenters. The summed E-state index contributed by atoms with van der Waals surface area (Å²) >= 11 is 0. The summed E-state index contributed by atoms with van der Waals surface area (Å²) in [5.74, 6) is -1.06. The number of nitrogens with one attached hydrogen (secondary N) is 1. The topological polar surface area (TPSA) is 64.6 Å². The highest BCUT2D eigenvalue weighted by Gasteiger charge is 2.30. The number of carbonyl (C=O) groups excluding carboxylic acids is 2. The molecule has 0 fully saturated rings. The molecular weight excluding hydrogens is 351 g/mol. The molecule has 0 aliphatic rings. The van der Waals surface area contributed by atoms with Crippen molar-refractivity contribution in [2.45, 2.75) is 13.1 Å². The van der Waals surface area contributed by atoms with Gasteiger partial charge in [0.05, 0.1) is 23.9 Å². The van der Waals surface area contributed by atoms with Gasteiger partial charge in [0.2, 0.25) is 0 Å². The standard InChI is InChI=1S/C18H16F3NO4/c1-11-3-8-15(25-2)14(9-11)22-16(23)10-26-17(24)12-4-6-13(7-5-12)18(19,20)21/h3-9H,10H2,1-2H3,(H,22,23). The van der Waals surface area contributed by atoms with E-state index >= 15 is 0 Å². The molecule has 8 heteroatoms. The maximum absolute atomic E-state index is 12.5. The third kappa shape index (κ3) is 4.98. The van der Waals surface area contributed by atoms with E-state index in [0.29, 0.717) is 11.4 Å². The van der Waals surface area contributed by atoms with E-state index in [1.54, 1.807) is 18.2 Å². The van der Waals surface area contributed by atoms with Gasteiger partial charge in [-0.25, -0.2) is 4.79 Å². The summed E-state index contributed by atoms with van der Waals surface area (Å²) in [7, 11) is 1.45. The molecule has 5 nitrogen and oxygen atoms in total. The molecule has 1 amide bonds. The van der Waals surface area contributed by atoms with Crippen LogP contribution in [0.1, 0.15) is 21.5 Å². The molecular formula is C18H16F3NO4. The Hall–Kier alpha value is -3.03. The zero-order valence-corrected chi connectivity index (χ0v) is 14.0. The van der Waals surface area contributed by atoms with Crippen LogP contribution < -0.4 is 10.1 Å². The molecule has 0 aromatic heterocycles. The quantitative estimate of drug-likeness (QED) is 0.816. The van der Waals surface area contributed by atoms with Crippen molar-refractivity contribution in [1.82, 2.24) is 0 Å². The highest BCUT2D eigenvalue weighted by Crippen LogP contribution is 2.29. The van der Waals surface area contributed by atoms with Gasteiger partial charge in [0.25, 0.3) is 5.91 Å². The Balaban J connectivity index is 1.95. The van der Waals surface area contributed by atoms with E-state index in [2.05, 4.69) is 5.32 Å². The van der Waals surface area contributed by atoms with E-state index in [0.717, 1.165) is 29.8 Å². The van der Waals surface area contributed by atoms with Crippen molar-refractivity contribution in [3.63, 3.8) is 0 Å². The first-order chi connectivity index (χ1) is 12.2. The first-order valence-electron chi connectivity index (χ1n) is 7.49. The van der Waals surface area contributed by atoms with E-state index in [1.165, 1.54) is 7.11 Å². The highest BCUT2D eigenvalue weighted by atomic mass is 19.4. The first kappa shape index (κ1) is 19.3. The van der Waals surface area contributed by atoms with Gasteiger partial charge in [0, 0.05) is 0 Å². The van der Waals surface area contributed by atoms with Gasteiger partial charge in [-0.2, -0.15) is 13.2 Å². The van der Waals surface area contributed by atoms with Crippen LogP contribution in [0.2, 0.25) is 0 Å². The van der Waals surface area contributed by atoms with Crippen LogP contribution in [0.5, 0.6) is 5.75 Å². The number of amides is 1. The predicted molar refractivity (Wildman–Crippen MR) is 88.1 cm³/mol. The molecule has 0 saturated heterocycles. The van der Waals surface area contributed by atoms with Crippen molar-refractivity contribution in [2.75, 3.05) is 19.0 Å². The normalized spacial score (nSPS) is 11.0. The van der Waals surface area contributed by atoms with Crippen LogP contribution in [0.15, 0.2) is 42.5 Å². The highest BCUT2D eigenvalue weighted by molar-refractivity contribution is 5.96. The van der Waals surface area contributed by atoms with E-state index in [9.17, 15) is 22.8 Å². The SMILES string of the molecule is COc1ccc(C)cc1NC(=O)COC(=O)c1ccc(C(F)(F)F)cc1. The molecule has 0 aliphatic heterocycles. The van der Waals surface area contributed by atoms with Crippen LogP contribution in [0.4, 0.5) is 18.9 Å². The summed E-state index contributed by atoms with van der Waals surface area (Å²) in [4.78, 5) is 23.8. The van der Waals surface area contributed by atoms with Gasteiger partial charge in [-0.15, -0.1) is 0 Å². The summed E-state index contributed by atoms with van der Waals surface area (Å²) in [6, 6.07) is 8.70. The second kappa shape index (κ2) is 7.90. The minimum Gasteiger partial charge on any atom is -0.495 e. The number of hydrogen-bond acceptors (Lipinski definition) is 4. The van der Waals surface area contributed by atoms with Gasteiger partial charge < -0.3 is 14.8 Å². The Morgan fingerprint density at radius 1 is 1.08 bits per heavy atom. The molecule has 0 aliphatic carbocycles. The smallest absolute Gasteiger partial charge is 0.416 e. The van der Waals surface area contributed by atoms with Crippen LogP contribution in [0.3, 0.4) is 0 Å². The van der Waals surface area contributed by atoms with Crippen molar-refractivity contribution in [3.05, 3.63) is 59.2 Å². The molecule has 26 heavy (non-hydrogen) atoms. The average molecular weight is 367 g/mol. The number of methoxy groups -OCH3 is 1. The van der Waals surface area contributed by atoms with Gasteiger partial charge in [0.15, 0.2) is 6.61 Å². The van der Waals surface area contributed by atoms with Crippen LogP contribution in [0, 0.1) is 6.92 Å². The number of anilines is 1. The Kier molecular flexibility index (Phi) is 5.86. The zero-order chi connectivity index (χ0) is 19.3. The lowest BCUT2D eigenvalue weighted by molar-refractivity contribution is -0.137. The Morgan fingerprint density at radius 3 is 2.31 bits per heavy atom. The molecule has 0 bridgehead atoms. The molecule has 2 aromatic carbocycles. The number of aryl methyl sites for hydroxylation is 1. The van der Waals surface area contributed by atoms with E-state index < -0.39 is 30.2 Å². The van der Waals surface area contributed by atoms with Gasteiger partial charge in [0.1, 0.15) is 5.75 Å². The fourth-order valence-corrected chi connectivity index (χ4v) is 2.12.